The molecule has 1 rings (SSSR count). The quantitative estimate of drug-likeness (QED) is 0.777. The molecular weight excluding hydrogens is 220 g/mol. The van der Waals surface area contributed by atoms with E-state index in [0.717, 1.165) is 5.56 Å². The lowest BCUT2D eigenvalue weighted by Gasteiger charge is -2.17. The molecule has 0 saturated carbocycles. The van der Waals surface area contributed by atoms with Gasteiger partial charge in [0, 0.05) is 6.04 Å². The van der Waals surface area contributed by atoms with E-state index in [0.29, 0.717) is 30.2 Å². The Labute approximate surface area is 102 Å². The lowest BCUT2D eigenvalue weighted by Crippen LogP contribution is -2.15. The van der Waals surface area contributed by atoms with Gasteiger partial charge in [0.15, 0.2) is 11.5 Å². The van der Waals surface area contributed by atoms with Gasteiger partial charge in [-0.1, -0.05) is 0 Å². The van der Waals surface area contributed by atoms with Gasteiger partial charge in [0.25, 0.3) is 0 Å². The first-order valence-corrected chi connectivity index (χ1v) is 5.43. The smallest absolute Gasteiger partial charge is 0.203 e. The fourth-order valence-electron chi connectivity index (χ4n) is 1.66. The lowest BCUT2D eigenvalue weighted by atomic mass is 10.0. The number of hydrogen-bond acceptors (Lipinski definition) is 5. The topological polar surface area (TPSA) is 79.7 Å². The van der Waals surface area contributed by atoms with Crippen molar-refractivity contribution in [3.05, 3.63) is 17.7 Å². The van der Waals surface area contributed by atoms with Crippen molar-refractivity contribution in [2.24, 2.45) is 11.5 Å². The van der Waals surface area contributed by atoms with Gasteiger partial charge in [-0.25, -0.2) is 0 Å². The minimum atomic E-state index is -0.131. The molecule has 0 aliphatic heterocycles. The van der Waals surface area contributed by atoms with Crippen LogP contribution in [-0.2, 0) is 0 Å². The Bertz CT molecular complexity index is 344. The molecule has 5 nitrogen and oxygen atoms in total. The van der Waals surface area contributed by atoms with Gasteiger partial charge in [-0.05, 0) is 30.7 Å². The molecule has 1 aromatic rings. The van der Waals surface area contributed by atoms with Gasteiger partial charge in [-0.3, -0.25) is 0 Å². The number of ether oxygens (including phenoxy) is 3. The molecule has 0 spiro atoms. The van der Waals surface area contributed by atoms with Crippen LogP contribution in [0.1, 0.15) is 18.0 Å². The molecule has 96 valence electrons. The molecule has 0 bridgehead atoms. The summed E-state index contributed by atoms with van der Waals surface area (Å²) < 4.78 is 15.7. The molecule has 0 amide bonds. The summed E-state index contributed by atoms with van der Waals surface area (Å²) in [5, 5.41) is 0. The highest BCUT2D eigenvalue weighted by Gasteiger charge is 2.16. The molecule has 0 saturated heterocycles. The van der Waals surface area contributed by atoms with Crippen LogP contribution in [0.2, 0.25) is 0 Å². The van der Waals surface area contributed by atoms with E-state index in [2.05, 4.69) is 0 Å². The Balaban J connectivity index is 3.17. The van der Waals surface area contributed by atoms with Crippen molar-refractivity contribution in [1.82, 2.24) is 0 Å². The first kappa shape index (κ1) is 13.6. The van der Waals surface area contributed by atoms with E-state index in [-0.39, 0.29) is 6.04 Å². The molecule has 0 fully saturated rings. The Morgan fingerprint density at radius 2 is 1.59 bits per heavy atom. The highest BCUT2D eigenvalue weighted by atomic mass is 16.5. The maximum atomic E-state index is 6.01. The first-order valence-electron chi connectivity index (χ1n) is 5.43. The Hall–Kier alpha value is -1.46. The third-order valence-electron chi connectivity index (χ3n) is 2.59. The minimum Gasteiger partial charge on any atom is -0.493 e. The van der Waals surface area contributed by atoms with Gasteiger partial charge >= 0.3 is 0 Å². The standard InChI is InChI=1S/C12H20N2O3/c1-15-10-6-8(9(14)4-5-13)7-11(16-2)12(10)17-3/h6-7,9H,4-5,13-14H2,1-3H3/t9-/m1/s1. The van der Waals surface area contributed by atoms with Crippen LogP contribution < -0.4 is 25.7 Å². The average molecular weight is 240 g/mol. The second-order valence-corrected chi connectivity index (χ2v) is 3.64. The molecule has 0 radical (unpaired) electrons. The third kappa shape index (κ3) is 3.01. The molecular formula is C12H20N2O3. The van der Waals surface area contributed by atoms with E-state index in [4.69, 9.17) is 25.7 Å². The fraction of sp³-hybridized carbons (Fsp3) is 0.500. The van der Waals surface area contributed by atoms with E-state index >= 15 is 0 Å². The van der Waals surface area contributed by atoms with E-state index in [1.807, 2.05) is 12.1 Å². The zero-order valence-electron chi connectivity index (χ0n) is 10.5. The molecule has 0 aromatic heterocycles. The maximum absolute atomic E-state index is 6.01. The predicted molar refractivity (Wildman–Crippen MR) is 66.7 cm³/mol. The maximum Gasteiger partial charge on any atom is 0.203 e. The Morgan fingerprint density at radius 1 is 1.06 bits per heavy atom. The van der Waals surface area contributed by atoms with Crippen LogP contribution in [0.4, 0.5) is 0 Å². The SMILES string of the molecule is COc1cc([C@H](N)CCN)cc(OC)c1OC. The molecule has 0 heterocycles. The van der Waals surface area contributed by atoms with Crippen LogP contribution >= 0.6 is 0 Å². The summed E-state index contributed by atoms with van der Waals surface area (Å²) in [5.74, 6) is 1.78. The Kier molecular flexibility index (Phi) is 5.06. The molecule has 5 heteroatoms. The van der Waals surface area contributed by atoms with Crippen LogP contribution in [0.5, 0.6) is 17.2 Å². The lowest BCUT2D eigenvalue weighted by molar-refractivity contribution is 0.323. The fourth-order valence-corrected chi connectivity index (χ4v) is 1.66. The minimum absolute atomic E-state index is 0.131. The summed E-state index contributed by atoms with van der Waals surface area (Å²) in [6, 6.07) is 3.57. The monoisotopic (exact) mass is 240 g/mol. The molecule has 0 aliphatic carbocycles. The van der Waals surface area contributed by atoms with Crippen molar-refractivity contribution in [2.45, 2.75) is 12.5 Å². The predicted octanol–water partition coefficient (Wildman–Crippen LogP) is 1.06. The highest BCUT2D eigenvalue weighted by Crippen LogP contribution is 2.39. The largest absolute Gasteiger partial charge is 0.493 e. The van der Waals surface area contributed by atoms with E-state index in [1.165, 1.54) is 0 Å². The summed E-state index contributed by atoms with van der Waals surface area (Å²) in [4.78, 5) is 0. The van der Waals surface area contributed by atoms with Gasteiger partial charge in [0.05, 0.1) is 21.3 Å². The molecule has 4 N–H and O–H groups in total. The summed E-state index contributed by atoms with van der Waals surface area (Å²) in [6.07, 6.45) is 0.707. The van der Waals surface area contributed by atoms with Crippen molar-refractivity contribution in [2.75, 3.05) is 27.9 Å². The summed E-state index contributed by atoms with van der Waals surface area (Å²) in [5.41, 5.74) is 12.4. The normalized spacial score (nSPS) is 12.1. The third-order valence-corrected chi connectivity index (χ3v) is 2.59. The zero-order valence-corrected chi connectivity index (χ0v) is 10.5. The number of hydrogen-bond donors (Lipinski definition) is 2. The van der Waals surface area contributed by atoms with E-state index in [1.54, 1.807) is 21.3 Å². The van der Waals surface area contributed by atoms with E-state index in [9.17, 15) is 0 Å². The molecule has 0 unspecified atom stereocenters. The van der Waals surface area contributed by atoms with Crippen molar-refractivity contribution >= 4 is 0 Å². The number of methoxy groups -OCH3 is 3. The second kappa shape index (κ2) is 6.32. The van der Waals surface area contributed by atoms with Gasteiger partial charge in [0.1, 0.15) is 0 Å². The van der Waals surface area contributed by atoms with Gasteiger partial charge in [0.2, 0.25) is 5.75 Å². The van der Waals surface area contributed by atoms with Gasteiger partial charge in [-0.15, -0.1) is 0 Å². The summed E-state index contributed by atoms with van der Waals surface area (Å²) in [7, 11) is 4.73. The van der Waals surface area contributed by atoms with Crippen LogP contribution in [0, 0.1) is 0 Å². The zero-order chi connectivity index (χ0) is 12.8. The van der Waals surface area contributed by atoms with Crippen LogP contribution in [-0.4, -0.2) is 27.9 Å². The molecule has 0 aliphatic rings. The second-order valence-electron chi connectivity index (χ2n) is 3.64. The van der Waals surface area contributed by atoms with Crippen LogP contribution in [0.15, 0.2) is 12.1 Å². The van der Waals surface area contributed by atoms with Gasteiger partial charge < -0.3 is 25.7 Å². The molecule has 17 heavy (non-hydrogen) atoms. The Morgan fingerprint density at radius 3 is 1.94 bits per heavy atom. The molecule has 1 aromatic carbocycles. The van der Waals surface area contributed by atoms with Crippen molar-refractivity contribution in [3.8, 4) is 17.2 Å². The molecule has 1 atom stereocenters. The van der Waals surface area contributed by atoms with Gasteiger partial charge in [-0.2, -0.15) is 0 Å². The summed E-state index contributed by atoms with van der Waals surface area (Å²) >= 11 is 0. The number of rotatable bonds is 6. The summed E-state index contributed by atoms with van der Waals surface area (Å²) in [6.45, 7) is 0.540. The van der Waals surface area contributed by atoms with Crippen molar-refractivity contribution in [3.63, 3.8) is 0 Å². The first-order chi connectivity index (χ1) is 8.17. The number of nitrogens with two attached hydrogens (primary N) is 2. The van der Waals surface area contributed by atoms with Crippen molar-refractivity contribution < 1.29 is 14.2 Å². The number of benzene rings is 1. The van der Waals surface area contributed by atoms with Crippen LogP contribution in [0.3, 0.4) is 0 Å². The average Bonchev–Trinajstić information content (AvgIpc) is 2.37. The van der Waals surface area contributed by atoms with Crippen molar-refractivity contribution in [1.29, 1.82) is 0 Å². The van der Waals surface area contributed by atoms with E-state index < -0.39 is 0 Å². The van der Waals surface area contributed by atoms with Crippen LogP contribution in [0.25, 0.3) is 0 Å². The highest BCUT2D eigenvalue weighted by molar-refractivity contribution is 5.54.